The van der Waals surface area contributed by atoms with Gasteiger partial charge in [-0.1, -0.05) is 72.8 Å². The minimum absolute atomic E-state index is 0.259. The molecule has 1 heterocycles. The van der Waals surface area contributed by atoms with E-state index >= 15 is 0 Å². The first-order valence-electron chi connectivity index (χ1n) is 8.83. The van der Waals surface area contributed by atoms with Crippen LogP contribution in [0.3, 0.4) is 0 Å². The molecule has 1 aliphatic rings. The Labute approximate surface area is 162 Å². The van der Waals surface area contributed by atoms with Gasteiger partial charge in [0.2, 0.25) is 5.29 Å². The Morgan fingerprint density at radius 1 is 0.704 bits per heavy atom. The van der Waals surface area contributed by atoms with E-state index in [-0.39, 0.29) is 11.5 Å². The zero-order valence-corrected chi connectivity index (χ0v) is 15.2. The number of halogens is 1. The summed E-state index contributed by atoms with van der Waals surface area (Å²) in [7, 11) is 0. The van der Waals surface area contributed by atoms with Gasteiger partial charge < -0.3 is 5.32 Å². The molecule has 1 aliphatic heterocycles. The second-order valence-electron chi connectivity index (χ2n) is 6.57. The van der Waals surface area contributed by atoms with Crippen LogP contribution in [0, 0.1) is 0 Å². The van der Waals surface area contributed by atoms with Crippen molar-refractivity contribution in [3.05, 3.63) is 96.1 Å². The van der Waals surface area contributed by atoms with Crippen molar-refractivity contribution in [3.8, 4) is 0 Å². The smallest absolute Gasteiger partial charge is 0.222 e. The molecule has 0 aromatic heterocycles. The summed E-state index contributed by atoms with van der Waals surface area (Å²) in [6.07, 6.45) is -0.263. The van der Waals surface area contributed by atoms with Crippen molar-refractivity contribution in [2.75, 3.05) is 0 Å². The first kappa shape index (κ1) is 16.0. The molecule has 0 fully saturated rings. The molecule has 4 heteroatoms. The van der Waals surface area contributed by atoms with Gasteiger partial charge in [0.05, 0.1) is 0 Å². The number of rotatable bonds is 2. The maximum Gasteiger partial charge on any atom is 0.222 e. The number of benzene rings is 4. The fourth-order valence-corrected chi connectivity index (χ4v) is 3.62. The Kier molecular flexibility index (Phi) is 3.88. The average Bonchev–Trinajstić information content (AvgIpc) is 2.72. The minimum Gasteiger partial charge on any atom is -0.344 e. The SMILES string of the molecule is ClC1=NC(c2ccc3ccccc3c2)NC(c2ccc3ccccc3c2)=N1. The fraction of sp³-hybridized carbons (Fsp3) is 0.0435. The summed E-state index contributed by atoms with van der Waals surface area (Å²) >= 11 is 6.26. The molecule has 4 aromatic rings. The largest absolute Gasteiger partial charge is 0.344 e. The summed E-state index contributed by atoms with van der Waals surface area (Å²) in [5.74, 6) is 0.735. The van der Waals surface area contributed by atoms with E-state index < -0.39 is 0 Å². The topological polar surface area (TPSA) is 36.8 Å². The molecule has 0 saturated heterocycles. The third-order valence-corrected chi connectivity index (χ3v) is 5.01. The molecule has 3 nitrogen and oxygen atoms in total. The van der Waals surface area contributed by atoms with Crippen LogP contribution in [0.15, 0.2) is 94.9 Å². The third kappa shape index (κ3) is 3.07. The van der Waals surface area contributed by atoms with Crippen LogP contribution in [0.4, 0.5) is 0 Å². The van der Waals surface area contributed by atoms with E-state index in [2.05, 4.69) is 76.0 Å². The predicted octanol–water partition coefficient (Wildman–Crippen LogP) is 5.64. The number of aliphatic imine (C=N–C) groups is 2. The molecule has 0 saturated carbocycles. The van der Waals surface area contributed by atoms with Gasteiger partial charge in [-0.2, -0.15) is 0 Å². The van der Waals surface area contributed by atoms with Crippen molar-refractivity contribution in [2.24, 2.45) is 9.98 Å². The lowest BCUT2D eigenvalue weighted by molar-refractivity contribution is 0.678. The molecule has 0 radical (unpaired) electrons. The fourth-order valence-electron chi connectivity index (χ4n) is 3.44. The second kappa shape index (κ2) is 6.53. The molecule has 0 amide bonds. The zero-order valence-electron chi connectivity index (χ0n) is 14.4. The van der Waals surface area contributed by atoms with Crippen LogP contribution in [0.2, 0.25) is 0 Å². The summed E-state index contributed by atoms with van der Waals surface area (Å²) in [5, 5.41) is 8.43. The van der Waals surface area contributed by atoms with Gasteiger partial charge >= 0.3 is 0 Å². The van der Waals surface area contributed by atoms with E-state index in [0.29, 0.717) is 0 Å². The van der Waals surface area contributed by atoms with E-state index in [4.69, 9.17) is 11.6 Å². The Morgan fingerprint density at radius 2 is 1.33 bits per heavy atom. The highest BCUT2D eigenvalue weighted by atomic mass is 35.5. The van der Waals surface area contributed by atoms with E-state index in [0.717, 1.165) is 17.0 Å². The lowest BCUT2D eigenvalue weighted by Gasteiger charge is -2.22. The van der Waals surface area contributed by atoms with Crippen molar-refractivity contribution < 1.29 is 0 Å². The molecule has 0 aliphatic carbocycles. The molecule has 1 N–H and O–H groups in total. The first-order chi connectivity index (χ1) is 13.3. The van der Waals surface area contributed by atoms with E-state index in [1.54, 1.807) is 0 Å². The third-order valence-electron chi connectivity index (χ3n) is 4.83. The van der Waals surface area contributed by atoms with Gasteiger partial charge in [0.1, 0.15) is 12.0 Å². The summed E-state index contributed by atoms with van der Waals surface area (Å²) < 4.78 is 0. The normalized spacial score (nSPS) is 16.7. The number of nitrogens with zero attached hydrogens (tertiary/aromatic N) is 2. The van der Waals surface area contributed by atoms with Crippen LogP contribution < -0.4 is 5.32 Å². The number of hydrogen-bond donors (Lipinski definition) is 1. The van der Waals surface area contributed by atoms with Gasteiger partial charge in [0.25, 0.3) is 0 Å². The Morgan fingerprint density at radius 3 is 2.07 bits per heavy atom. The standard InChI is InChI=1S/C23H16ClN3/c24-23-26-21(19-11-9-15-5-1-3-7-17(15)13-19)25-22(27-23)20-12-10-16-6-2-4-8-18(16)14-20/h1-14,21H,(H,25,26,27). The Hall–Kier alpha value is -3.17. The van der Waals surface area contributed by atoms with Crippen LogP contribution in [-0.2, 0) is 0 Å². The molecular formula is C23H16ClN3. The average molecular weight is 370 g/mol. The Bertz CT molecular complexity index is 1230. The van der Waals surface area contributed by atoms with Crippen molar-refractivity contribution in [1.82, 2.24) is 5.32 Å². The number of amidine groups is 2. The minimum atomic E-state index is -0.263. The van der Waals surface area contributed by atoms with Crippen LogP contribution >= 0.6 is 11.6 Å². The van der Waals surface area contributed by atoms with Gasteiger partial charge in [0, 0.05) is 5.56 Å². The molecule has 4 aromatic carbocycles. The summed E-state index contributed by atoms with van der Waals surface area (Å²) in [6.45, 7) is 0. The van der Waals surface area contributed by atoms with Crippen LogP contribution in [-0.4, -0.2) is 11.1 Å². The van der Waals surface area contributed by atoms with E-state index in [1.165, 1.54) is 21.5 Å². The zero-order chi connectivity index (χ0) is 18.2. The van der Waals surface area contributed by atoms with Gasteiger partial charge in [-0.15, -0.1) is 0 Å². The molecule has 27 heavy (non-hydrogen) atoms. The molecular weight excluding hydrogens is 354 g/mol. The van der Waals surface area contributed by atoms with Gasteiger partial charge in [-0.3, -0.25) is 0 Å². The monoisotopic (exact) mass is 369 g/mol. The first-order valence-corrected chi connectivity index (χ1v) is 9.20. The predicted molar refractivity (Wildman–Crippen MR) is 114 cm³/mol. The van der Waals surface area contributed by atoms with Crippen LogP contribution in [0.5, 0.6) is 0 Å². The van der Waals surface area contributed by atoms with Crippen molar-refractivity contribution in [2.45, 2.75) is 6.17 Å². The highest BCUT2D eigenvalue weighted by Gasteiger charge is 2.19. The van der Waals surface area contributed by atoms with Crippen LogP contribution in [0.1, 0.15) is 17.3 Å². The molecule has 0 bridgehead atoms. The molecule has 0 spiro atoms. The summed E-state index contributed by atoms with van der Waals surface area (Å²) in [4.78, 5) is 8.90. The van der Waals surface area contributed by atoms with Crippen molar-refractivity contribution in [3.63, 3.8) is 0 Å². The maximum absolute atomic E-state index is 6.26. The number of hydrogen-bond acceptors (Lipinski definition) is 3. The highest BCUT2D eigenvalue weighted by molar-refractivity contribution is 6.66. The van der Waals surface area contributed by atoms with Crippen molar-refractivity contribution >= 4 is 44.3 Å². The summed E-state index contributed by atoms with van der Waals surface area (Å²) in [6, 6.07) is 29.2. The molecule has 1 atom stereocenters. The van der Waals surface area contributed by atoms with E-state index in [1.807, 2.05) is 24.3 Å². The number of nitrogens with one attached hydrogen (secondary N) is 1. The van der Waals surface area contributed by atoms with Gasteiger partial charge in [0.15, 0.2) is 0 Å². The summed E-state index contributed by atoms with van der Waals surface area (Å²) in [5.41, 5.74) is 2.05. The highest BCUT2D eigenvalue weighted by Crippen LogP contribution is 2.25. The van der Waals surface area contributed by atoms with E-state index in [9.17, 15) is 0 Å². The Balaban J connectivity index is 1.52. The maximum atomic E-state index is 6.26. The van der Waals surface area contributed by atoms with Crippen molar-refractivity contribution in [1.29, 1.82) is 0 Å². The lowest BCUT2D eigenvalue weighted by Crippen LogP contribution is -2.32. The number of fused-ring (bicyclic) bond motifs is 2. The quantitative estimate of drug-likeness (QED) is 0.456. The van der Waals surface area contributed by atoms with Gasteiger partial charge in [-0.05, 0) is 50.8 Å². The molecule has 1 unspecified atom stereocenters. The second-order valence-corrected chi connectivity index (χ2v) is 6.91. The van der Waals surface area contributed by atoms with Crippen LogP contribution in [0.25, 0.3) is 21.5 Å². The molecule has 130 valence electrons. The lowest BCUT2D eigenvalue weighted by atomic mass is 10.0. The van der Waals surface area contributed by atoms with Gasteiger partial charge in [-0.25, -0.2) is 9.98 Å². The molecule has 5 rings (SSSR count).